The van der Waals surface area contributed by atoms with Crippen LogP contribution in [0.3, 0.4) is 0 Å². The summed E-state index contributed by atoms with van der Waals surface area (Å²) in [6, 6.07) is 15.3. The molecule has 2 aromatic carbocycles. The molecule has 2 N–H and O–H groups in total. The normalized spacial score (nSPS) is 17.0. The van der Waals surface area contributed by atoms with Gasteiger partial charge in [0, 0.05) is 30.3 Å². The number of benzene rings is 2. The SMILES string of the molecule is Cc1c(Cl)cccc1C(C)NCN(Cc1ccc(CO)cc1)C1CCN(C)CC1. The van der Waals surface area contributed by atoms with E-state index in [9.17, 15) is 5.11 Å². The number of nitrogens with zero attached hydrogens (tertiary/aromatic N) is 2. The molecule has 0 spiro atoms. The molecule has 29 heavy (non-hydrogen) atoms. The maximum atomic E-state index is 9.30. The van der Waals surface area contributed by atoms with E-state index in [2.05, 4.69) is 54.2 Å². The summed E-state index contributed by atoms with van der Waals surface area (Å²) in [5, 5.41) is 13.9. The summed E-state index contributed by atoms with van der Waals surface area (Å²) in [4.78, 5) is 4.98. The Labute approximate surface area is 180 Å². The van der Waals surface area contributed by atoms with Gasteiger partial charge in [-0.1, -0.05) is 48.0 Å². The highest BCUT2D eigenvalue weighted by molar-refractivity contribution is 6.31. The van der Waals surface area contributed by atoms with Crippen LogP contribution >= 0.6 is 11.6 Å². The van der Waals surface area contributed by atoms with Gasteiger partial charge in [-0.05, 0) is 75.1 Å². The average molecular weight is 416 g/mol. The van der Waals surface area contributed by atoms with Gasteiger partial charge in [0.2, 0.25) is 0 Å². The van der Waals surface area contributed by atoms with E-state index in [1.165, 1.54) is 24.0 Å². The Morgan fingerprint density at radius 1 is 1.14 bits per heavy atom. The van der Waals surface area contributed by atoms with Crippen LogP contribution in [0.2, 0.25) is 5.02 Å². The molecule has 0 amide bonds. The molecule has 5 heteroatoms. The lowest BCUT2D eigenvalue weighted by atomic mass is 10.0. The van der Waals surface area contributed by atoms with E-state index >= 15 is 0 Å². The molecule has 1 saturated heterocycles. The number of aliphatic hydroxyl groups is 1. The van der Waals surface area contributed by atoms with Gasteiger partial charge in [-0.3, -0.25) is 10.2 Å². The second-order valence-electron chi connectivity index (χ2n) is 8.29. The summed E-state index contributed by atoms with van der Waals surface area (Å²) in [7, 11) is 2.20. The minimum atomic E-state index is 0.0943. The van der Waals surface area contributed by atoms with E-state index in [-0.39, 0.29) is 12.6 Å². The average Bonchev–Trinajstić information content (AvgIpc) is 2.74. The summed E-state index contributed by atoms with van der Waals surface area (Å²) in [5.41, 5.74) is 4.66. The monoisotopic (exact) mass is 415 g/mol. The van der Waals surface area contributed by atoms with Crippen molar-refractivity contribution in [3.05, 3.63) is 69.7 Å². The molecule has 1 aliphatic heterocycles. The van der Waals surface area contributed by atoms with Crippen LogP contribution in [0.15, 0.2) is 42.5 Å². The van der Waals surface area contributed by atoms with Gasteiger partial charge < -0.3 is 10.0 Å². The minimum absolute atomic E-state index is 0.0943. The van der Waals surface area contributed by atoms with E-state index in [1.807, 2.05) is 24.3 Å². The molecular formula is C24H34ClN3O. The zero-order chi connectivity index (χ0) is 20.8. The fourth-order valence-corrected chi connectivity index (χ4v) is 4.30. The molecule has 1 fully saturated rings. The summed E-state index contributed by atoms with van der Waals surface area (Å²) >= 11 is 6.33. The molecule has 3 rings (SSSR count). The molecule has 0 saturated carbocycles. The van der Waals surface area contributed by atoms with Crippen LogP contribution in [0.25, 0.3) is 0 Å². The Morgan fingerprint density at radius 2 is 1.79 bits per heavy atom. The molecule has 1 aliphatic rings. The van der Waals surface area contributed by atoms with Crippen molar-refractivity contribution in [2.45, 2.75) is 51.9 Å². The smallest absolute Gasteiger partial charge is 0.0681 e. The zero-order valence-corrected chi connectivity index (χ0v) is 18.6. The van der Waals surface area contributed by atoms with Crippen molar-refractivity contribution >= 4 is 11.6 Å². The molecular weight excluding hydrogens is 382 g/mol. The standard InChI is InChI=1S/C24H34ClN3O/c1-18-23(5-4-6-24(18)25)19(2)26-17-28(22-11-13-27(3)14-12-22)15-20-7-9-21(16-29)10-8-20/h4-10,19,22,26,29H,11-17H2,1-3H3. The van der Waals surface area contributed by atoms with Gasteiger partial charge >= 0.3 is 0 Å². The third-order valence-corrected chi connectivity index (χ3v) is 6.58. The van der Waals surface area contributed by atoms with Crippen molar-refractivity contribution in [3.8, 4) is 0 Å². The highest BCUT2D eigenvalue weighted by Gasteiger charge is 2.24. The van der Waals surface area contributed by atoms with Gasteiger partial charge in [-0.2, -0.15) is 0 Å². The number of hydrogen-bond acceptors (Lipinski definition) is 4. The summed E-state index contributed by atoms with van der Waals surface area (Å²) < 4.78 is 0. The Morgan fingerprint density at radius 3 is 2.45 bits per heavy atom. The number of halogens is 1. The maximum Gasteiger partial charge on any atom is 0.0681 e. The predicted octanol–water partition coefficient (Wildman–Crippen LogP) is 4.35. The van der Waals surface area contributed by atoms with Crippen LogP contribution < -0.4 is 5.32 Å². The van der Waals surface area contributed by atoms with E-state index < -0.39 is 0 Å². The van der Waals surface area contributed by atoms with Crippen LogP contribution in [-0.2, 0) is 13.2 Å². The number of aliphatic hydroxyl groups excluding tert-OH is 1. The molecule has 0 aromatic heterocycles. The molecule has 4 nitrogen and oxygen atoms in total. The first-order valence-corrected chi connectivity index (χ1v) is 11.0. The lowest BCUT2D eigenvalue weighted by molar-refractivity contribution is 0.103. The van der Waals surface area contributed by atoms with Gasteiger partial charge in [-0.15, -0.1) is 0 Å². The second-order valence-corrected chi connectivity index (χ2v) is 8.70. The van der Waals surface area contributed by atoms with Crippen molar-refractivity contribution in [2.75, 3.05) is 26.8 Å². The molecule has 1 atom stereocenters. The molecule has 1 heterocycles. The number of hydrogen-bond donors (Lipinski definition) is 2. The third kappa shape index (κ3) is 6.03. The van der Waals surface area contributed by atoms with Crippen LogP contribution in [-0.4, -0.2) is 47.8 Å². The van der Waals surface area contributed by atoms with Gasteiger partial charge in [0.15, 0.2) is 0 Å². The maximum absolute atomic E-state index is 9.30. The highest BCUT2D eigenvalue weighted by atomic mass is 35.5. The number of likely N-dealkylation sites (tertiary alicyclic amines) is 1. The van der Waals surface area contributed by atoms with Crippen LogP contribution in [0, 0.1) is 6.92 Å². The number of piperidine rings is 1. The molecule has 0 aliphatic carbocycles. The minimum Gasteiger partial charge on any atom is -0.392 e. The molecule has 0 bridgehead atoms. The summed E-state index contributed by atoms with van der Waals surface area (Å²) in [5.74, 6) is 0. The highest BCUT2D eigenvalue weighted by Crippen LogP contribution is 2.25. The predicted molar refractivity (Wildman–Crippen MR) is 121 cm³/mol. The molecule has 0 radical (unpaired) electrons. The number of nitrogens with one attached hydrogen (secondary N) is 1. The first-order valence-electron chi connectivity index (χ1n) is 10.6. The van der Waals surface area contributed by atoms with Crippen LogP contribution in [0.5, 0.6) is 0 Å². The third-order valence-electron chi connectivity index (χ3n) is 6.17. The lowest BCUT2D eigenvalue weighted by Crippen LogP contribution is -2.47. The van der Waals surface area contributed by atoms with Crippen molar-refractivity contribution in [3.63, 3.8) is 0 Å². The fourth-order valence-electron chi connectivity index (χ4n) is 4.12. The van der Waals surface area contributed by atoms with E-state index in [1.54, 1.807) is 0 Å². The molecule has 1 unspecified atom stereocenters. The quantitative estimate of drug-likeness (QED) is 0.629. The van der Waals surface area contributed by atoms with Crippen molar-refractivity contribution in [2.24, 2.45) is 0 Å². The van der Waals surface area contributed by atoms with E-state index in [4.69, 9.17) is 11.6 Å². The largest absolute Gasteiger partial charge is 0.392 e. The topological polar surface area (TPSA) is 38.7 Å². The molecule has 158 valence electrons. The van der Waals surface area contributed by atoms with Crippen molar-refractivity contribution in [1.29, 1.82) is 0 Å². The van der Waals surface area contributed by atoms with Crippen LogP contribution in [0.1, 0.15) is 48.1 Å². The summed E-state index contributed by atoms with van der Waals surface area (Å²) in [6.07, 6.45) is 2.38. The Kier molecular flexibility index (Phi) is 8.10. The Bertz CT molecular complexity index is 772. The fraction of sp³-hybridized carbons (Fsp3) is 0.500. The van der Waals surface area contributed by atoms with Crippen molar-refractivity contribution < 1.29 is 5.11 Å². The second kappa shape index (κ2) is 10.6. The van der Waals surface area contributed by atoms with Crippen molar-refractivity contribution in [1.82, 2.24) is 15.1 Å². The first-order chi connectivity index (χ1) is 14.0. The van der Waals surface area contributed by atoms with Gasteiger partial charge in [0.1, 0.15) is 0 Å². The summed E-state index contributed by atoms with van der Waals surface area (Å²) in [6.45, 7) is 8.44. The number of rotatable bonds is 8. The van der Waals surface area contributed by atoms with Gasteiger partial charge in [-0.25, -0.2) is 0 Å². The lowest BCUT2D eigenvalue weighted by Gasteiger charge is -2.38. The molecule has 2 aromatic rings. The van der Waals surface area contributed by atoms with Crippen LogP contribution in [0.4, 0.5) is 0 Å². The Balaban J connectivity index is 1.69. The van der Waals surface area contributed by atoms with E-state index in [0.29, 0.717) is 6.04 Å². The van der Waals surface area contributed by atoms with Gasteiger partial charge in [0.05, 0.1) is 6.61 Å². The Hall–Kier alpha value is -1.43. The van der Waals surface area contributed by atoms with E-state index in [0.717, 1.165) is 42.5 Å². The zero-order valence-electron chi connectivity index (χ0n) is 17.9. The first kappa shape index (κ1) is 22.3. The van der Waals surface area contributed by atoms with Gasteiger partial charge in [0.25, 0.3) is 0 Å².